The van der Waals surface area contributed by atoms with Crippen molar-refractivity contribution >= 4 is 0 Å². The van der Waals surface area contributed by atoms with Crippen LogP contribution in [0.5, 0.6) is 0 Å². The van der Waals surface area contributed by atoms with E-state index in [1.807, 2.05) is 13.0 Å². The summed E-state index contributed by atoms with van der Waals surface area (Å²) in [5, 5.41) is 17.7. The minimum absolute atomic E-state index is 0.226. The molecule has 0 spiro atoms. The molecule has 0 aliphatic rings. The molecule has 0 unspecified atom stereocenters. The molecule has 0 aliphatic carbocycles. The number of hydrogen-bond donors (Lipinski definition) is 2. The van der Waals surface area contributed by atoms with Gasteiger partial charge in [0.2, 0.25) is 0 Å². The topological polar surface area (TPSA) is 49.7 Å². The van der Waals surface area contributed by atoms with Crippen LogP contribution in [0, 0.1) is 0 Å². The Kier molecular flexibility index (Phi) is 6.48. The Labute approximate surface area is 92.1 Å². The van der Waals surface area contributed by atoms with Crippen LogP contribution < -0.4 is 0 Å². The molecular formula is C12H22O3. The third-order valence-electron chi connectivity index (χ3n) is 1.88. The van der Waals surface area contributed by atoms with Crippen molar-refractivity contribution in [3.8, 4) is 0 Å². The number of aliphatic hydroxyl groups is 2. The molecule has 0 amide bonds. The molecule has 0 fully saturated rings. The zero-order chi connectivity index (χ0) is 11.9. The fraction of sp³-hybridized carbons (Fsp3) is 0.667. The van der Waals surface area contributed by atoms with Crippen LogP contribution in [0.15, 0.2) is 23.3 Å². The van der Waals surface area contributed by atoms with Crippen molar-refractivity contribution in [3.63, 3.8) is 0 Å². The minimum atomic E-state index is -2.03. The van der Waals surface area contributed by atoms with E-state index in [1.165, 1.54) is 18.1 Å². The van der Waals surface area contributed by atoms with Gasteiger partial charge in [-0.1, -0.05) is 23.3 Å². The molecule has 0 radical (unpaired) electrons. The minimum Gasteiger partial charge on any atom is -0.344 e. The zero-order valence-corrected chi connectivity index (χ0v) is 10.1. The second kappa shape index (κ2) is 6.77. The summed E-state index contributed by atoms with van der Waals surface area (Å²) in [5.74, 6) is -2.03. The van der Waals surface area contributed by atoms with E-state index in [9.17, 15) is 0 Å². The molecule has 0 rings (SSSR count). The first-order valence-corrected chi connectivity index (χ1v) is 5.19. The van der Waals surface area contributed by atoms with Gasteiger partial charge in [0.15, 0.2) is 0 Å². The van der Waals surface area contributed by atoms with Gasteiger partial charge in [-0.2, -0.15) is 0 Å². The van der Waals surface area contributed by atoms with Crippen molar-refractivity contribution in [2.75, 3.05) is 6.61 Å². The smallest absolute Gasteiger partial charge is 0.275 e. The third-order valence-corrected chi connectivity index (χ3v) is 1.88. The van der Waals surface area contributed by atoms with E-state index in [-0.39, 0.29) is 6.61 Å². The van der Waals surface area contributed by atoms with Crippen LogP contribution in [0.3, 0.4) is 0 Å². The van der Waals surface area contributed by atoms with E-state index < -0.39 is 5.97 Å². The average Bonchev–Trinajstić information content (AvgIpc) is 2.00. The average molecular weight is 214 g/mol. The lowest BCUT2D eigenvalue weighted by atomic mass is 10.1. The second-order valence-corrected chi connectivity index (χ2v) is 4.12. The fourth-order valence-corrected chi connectivity index (χ4v) is 1.03. The number of ether oxygens (including phenoxy) is 1. The fourth-order valence-electron chi connectivity index (χ4n) is 1.03. The van der Waals surface area contributed by atoms with Crippen LogP contribution in [-0.2, 0) is 4.74 Å². The molecule has 3 nitrogen and oxygen atoms in total. The van der Waals surface area contributed by atoms with Crippen molar-refractivity contribution in [2.24, 2.45) is 0 Å². The van der Waals surface area contributed by atoms with Gasteiger partial charge in [-0.3, -0.25) is 0 Å². The Hall–Kier alpha value is -0.640. The van der Waals surface area contributed by atoms with Gasteiger partial charge in [0.1, 0.15) is 0 Å². The molecule has 0 heterocycles. The standard InChI is InChI=1S/C12H22O3/c1-10(2)6-5-7-11(3)8-9-15-12(4,13)14/h6,8,13-14H,5,7,9H2,1-4H3/b11-8+. The zero-order valence-electron chi connectivity index (χ0n) is 10.1. The molecule has 0 aromatic carbocycles. The van der Waals surface area contributed by atoms with Gasteiger partial charge < -0.3 is 14.9 Å². The molecular weight excluding hydrogens is 192 g/mol. The van der Waals surface area contributed by atoms with Crippen LogP contribution in [0.1, 0.15) is 40.5 Å². The maximum Gasteiger partial charge on any atom is 0.275 e. The summed E-state index contributed by atoms with van der Waals surface area (Å²) >= 11 is 0. The molecule has 0 saturated heterocycles. The second-order valence-electron chi connectivity index (χ2n) is 4.12. The summed E-state index contributed by atoms with van der Waals surface area (Å²) in [5.41, 5.74) is 2.51. The summed E-state index contributed by atoms with van der Waals surface area (Å²) in [7, 11) is 0. The largest absolute Gasteiger partial charge is 0.344 e. The van der Waals surface area contributed by atoms with Gasteiger partial charge >= 0.3 is 0 Å². The van der Waals surface area contributed by atoms with E-state index in [0.29, 0.717) is 0 Å². The summed E-state index contributed by atoms with van der Waals surface area (Å²) in [6.07, 6.45) is 6.03. The molecule has 2 N–H and O–H groups in total. The summed E-state index contributed by atoms with van der Waals surface area (Å²) in [6.45, 7) is 7.58. The Morgan fingerprint density at radius 2 is 1.80 bits per heavy atom. The van der Waals surface area contributed by atoms with E-state index in [1.54, 1.807) is 0 Å². The first-order chi connectivity index (χ1) is 6.81. The Morgan fingerprint density at radius 3 is 2.27 bits per heavy atom. The molecule has 0 saturated carbocycles. The molecule has 88 valence electrons. The van der Waals surface area contributed by atoms with Gasteiger partial charge in [0, 0.05) is 6.92 Å². The highest BCUT2D eigenvalue weighted by atomic mass is 16.8. The van der Waals surface area contributed by atoms with E-state index in [0.717, 1.165) is 12.8 Å². The molecule has 15 heavy (non-hydrogen) atoms. The number of allylic oxidation sites excluding steroid dienone is 3. The monoisotopic (exact) mass is 214 g/mol. The predicted molar refractivity (Wildman–Crippen MR) is 61.2 cm³/mol. The Bertz CT molecular complexity index is 230. The van der Waals surface area contributed by atoms with Gasteiger partial charge in [-0.05, 0) is 33.6 Å². The quantitative estimate of drug-likeness (QED) is 0.527. The van der Waals surface area contributed by atoms with Crippen LogP contribution in [0.2, 0.25) is 0 Å². The highest BCUT2D eigenvalue weighted by Gasteiger charge is 2.13. The van der Waals surface area contributed by atoms with Crippen molar-refractivity contribution in [3.05, 3.63) is 23.3 Å². The van der Waals surface area contributed by atoms with E-state index in [4.69, 9.17) is 14.9 Å². The first-order valence-electron chi connectivity index (χ1n) is 5.19. The lowest BCUT2D eigenvalue weighted by Crippen LogP contribution is -2.27. The highest BCUT2D eigenvalue weighted by molar-refractivity contribution is 5.02. The van der Waals surface area contributed by atoms with Gasteiger partial charge in [0.05, 0.1) is 6.61 Å². The first kappa shape index (κ1) is 14.4. The van der Waals surface area contributed by atoms with Crippen molar-refractivity contribution in [1.29, 1.82) is 0 Å². The number of rotatable bonds is 6. The van der Waals surface area contributed by atoms with Crippen LogP contribution in [0.25, 0.3) is 0 Å². The lowest BCUT2D eigenvalue weighted by Gasteiger charge is -2.14. The molecule has 0 aromatic rings. The van der Waals surface area contributed by atoms with Gasteiger partial charge in [-0.15, -0.1) is 0 Å². The molecule has 0 bridgehead atoms. The van der Waals surface area contributed by atoms with E-state index >= 15 is 0 Å². The molecule has 0 atom stereocenters. The summed E-state index contributed by atoms with van der Waals surface area (Å²) in [6, 6.07) is 0. The number of hydrogen-bond acceptors (Lipinski definition) is 3. The summed E-state index contributed by atoms with van der Waals surface area (Å²) in [4.78, 5) is 0. The Balaban J connectivity index is 3.75. The SMILES string of the molecule is CC(C)=CCC/C(C)=C/COC(C)(O)O. The Morgan fingerprint density at radius 1 is 1.20 bits per heavy atom. The summed E-state index contributed by atoms with van der Waals surface area (Å²) < 4.78 is 4.75. The maximum atomic E-state index is 8.87. The molecule has 3 heteroatoms. The van der Waals surface area contributed by atoms with Crippen molar-refractivity contribution < 1.29 is 14.9 Å². The van der Waals surface area contributed by atoms with Gasteiger partial charge in [-0.25, -0.2) is 0 Å². The maximum absolute atomic E-state index is 8.87. The molecule has 0 aliphatic heterocycles. The van der Waals surface area contributed by atoms with Crippen LogP contribution in [-0.4, -0.2) is 22.8 Å². The van der Waals surface area contributed by atoms with Crippen LogP contribution >= 0.6 is 0 Å². The molecule has 0 aromatic heterocycles. The predicted octanol–water partition coefficient (Wildman–Crippen LogP) is 2.35. The van der Waals surface area contributed by atoms with Crippen molar-refractivity contribution in [2.45, 2.75) is 46.5 Å². The van der Waals surface area contributed by atoms with Crippen molar-refractivity contribution in [1.82, 2.24) is 0 Å². The highest BCUT2D eigenvalue weighted by Crippen LogP contribution is 2.07. The third kappa shape index (κ3) is 11.3. The normalized spacial score (nSPS) is 12.8. The van der Waals surface area contributed by atoms with E-state index in [2.05, 4.69) is 19.9 Å². The van der Waals surface area contributed by atoms with Crippen LogP contribution in [0.4, 0.5) is 0 Å². The van der Waals surface area contributed by atoms with Gasteiger partial charge in [0.25, 0.3) is 5.97 Å². The lowest BCUT2D eigenvalue weighted by molar-refractivity contribution is -0.320.